The lowest BCUT2D eigenvalue weighted by Gasteiger charge is -2.08. The summed E-state index contributed by atoms with van der Waals surface area (Å²) in [6, 6.07) is 23.5. The lowest BCUT2D eigenvalue weighted by molar-refractivity contribution is 0.0734. The number of aryl methyl sites for hydroxylation is 1. The predicted molar refractivity (Wildman–Crippen MR) is 132 cm³/mol. The van der Waals surface area contributed by atoms with E-state index in [-0.39, 0.29) is 5.97 Å². The molecule has 0 saturated carbocycles. The number of unbranched alkanes of at least 4 members (excludes halogenated alkanes) is 4. The number of esters is 1. The smallest absolute Gasteiger partial charge is 0.343 e. The number of carbonyl (C=O) groups excluding carboxylic acids is 1. The van der Waals surface area contributed by atoms with Gasteiger partial charge in [-0.15, -0.1) is 0 Å². The third-order valence-electron chi connectivity index (χ3n) is 5.53. The van der Waals surface area contributed by atoms with Gasteiger partial charge in [-0.1, -0.05) is 75.9 Å². The van der Waals surface area contributed by atoms with Crippen molar-refractivity contribution in [2.24, 2.45) is 0 Å². The van der Waals surface area contributed by atoms with Crippen LogP contribution in [0.2, 0.25) is 0 Å². The summed E-state index contributed by atoms with van der Waals surface area (Å²) in [5, 5.41) is 0. The molecule has 0 radical (unpaired) electrons. The topological polar surface area (TPSA) is 35.5 Å². The number of rotatable bonds is 12. The number of ether oxygens (including phenoxy) is 2. The van der Waals surface area contributed by atoms with E-state index < -0.39 is 0 Å². The molecule has 0 saturated heterocycles. The highest BCUT2D eigenvalue weighted by molar-refractivity contribution is 5.91. The first-order valence-electron chi connectivity index (χ1n) is 11.8. The van der Waals surface area contributed by atoms with Gasteiger partial charge >= 0.3 is 5.97 Å². The van der Waals surface area contributed by atoms with Gasteiger partial charge in [-0.25, -0.2) is 4.79 Å². The Labute approximate surface area is 192 Å². The van der Waals surface area contributed by atoms with E-state index in [1.807, 2.05) is 36.4 Å². The van der Waals surface area contributed by atoms with Crippen molar-refractivity contribution >= 4 is 5.97 Å². The summed E-state index contributed by atoms with van der Waals surface area (Å²) in [6.07, 6.45) is 8.23. The van der Waals surface area contributed by atoms with E-state index in [9.17, 15) is 4.79 Å². The van der Waals surface area contributed by atoms with Crippen LogP contribution in [0.1, 0.15) is 68.3 Å². The Balaban J connectivity index is 1.52. The SMILES string of the molecule is CCCCCCOc1ccc(C(=O)Oc2ccc(-c3ccc(CCCC)cc3)cc2)cc1. The summed E-state index contributed by atoms with van der Waals surface area (Å²) in [4.78, 5) is 12.5. The molecule has 0 spiro atoms. The van der Waals surface area contributed by atoms with E-state index in [4.69, 9.17) is 9.47 Å². The highest BCUT2D eigenvalue weighted by atomic mass is 16.5. The number of carbonyl (C=O) groups is 1. The molecular formula is C29H34O3. The molecule has 0 bridgehead atoms. The van der Waals surface area contributed by atoms with Crippen molar-refractivity contribution in [1.82, 2.24) is 0 Å². The molecule has 0 aliphatic rings. The molecule has 168 valence electrons. The lowest BCUT2D eigenvalue weighted by Crippen LogP contribution is -2.08. The third kappa shape index (κ3) is 7.26. The van der Waals surface area contributed by atoms with Gasteiger partial charge in [0.05, 0.1) is 12.2 Å². The van der Waals surface area contributed by atoms with Gasteiger partial charge in [-0.2, -0.15) is 0 Å². The number of benzene rings is 3. The maximum Gasteiger partial charge on any atom is 0.343 e. The van der Waals surface area contributed by atoms with Gasteiger partial charge in [0.2, 0.25) is 0 Å². The Hall–Kier alpha value is -3.07. The van der Waals surface area contributed by atoms with E-state index >= 15 is 0 Å². The molecule has 0 amide bonds. The highest BCUT2D eigenvalue weighted by Gasteiger charge is 2.09. The molecule has 3 nitrogen and oxygen atoms in total. The summed E-state index contributed by atoms with van der Waals surface area (Å²) < 4.78 is 11.3. The number of hydrogen-bond acceptors (Lipinski definition) is 3. The van der Waals surface area contributed by atoms with Crippen molar-refractivity contribution in [3.05, 3.63) is 83.9 Å². The van der Waals surface area contributed by atoms with Crippen LogP contribution in [0.5, 0.6) is 11.5 Å². The minimum atomic E-state index is -0.368. The second-order valence-corrected chi connectivity index (χ2v) is 8.15. The quantitative estimate of drug-likeness (QED) is 0.167. The minimum absolute atomic E-state index is 0.368. The predicted octanol–water partition coefficient (Wildman–Crippen LogP) is 7.87. The van der Waals surface area contributed by atoms with Crippen molar-refractivity contribution in [1.29, 1.82) is 0 Å². The molecule has 0 fully saturated rings. The summed E-state index contributed by atoms with van der Waals surface area (Å²) in [5.74, 6) is 0.949. The Morgan fingerprint density at radius 2 is 1.25 bits per heavy atom. The fourth-order valence-electron chi connectivity index (χ4n) is 3.53. The van der Waals surface area contributed by atoms with Gasteiger partial charge in [0.1, 0.15) is 11.5 Å². The maximum atomic E-state index is 12.5. The van der Waals surface area contributed by atoms with Crippen LogP contribution in [0.15, 0.2) is 72.8 Å². The van der Waals surface area contributed by atoms with Crippen LogP contribution in [0.3, 0.4) is 0 Å². The molecule has 3 heteroatoms. The molecular weight excluding hydrogens is 396 g/mol. The summed E-state index contributed by atoms with van der Waals surface area (Å²) in [6.45, 7) is 5.11. The first-order valence-corrected chi connectivity index (χ1v) is 11.8. The normalized spacial score (nSPS) is 10.7. The molecule has 0 atom stereocenters. The van der Waals surface area contributed by atoms with E-state index in [2.05, 4.69) is 38.1 Å². The molecule has 3 aromatic carbocycles. The molecule has 0 aliphatic heterocycles. The van der Waals surface area contributed by atoms with Crippen LogP contribution >= 0.6 is 0 Å². The molecule has 0 heterocycles. The van der Waals surface area contributed by atoms with Crippen LogP contribution < -0.4 is 9.47 Å². The first kappa shape index (κ1) is 23.6. The molecule has 3 rings (SSSR count). The van der Waals surface area contributed by atoms with Crippen LogP contribution in [0.25, 0.3) is 11.1 Å². The second kappa shape index (κ2) is 12.7. The summed E-state index contributed by atoms with van der Waals surface area (Å²) in [5.41, 5.74) is 4.14. The molecule has 0 N–H and O–H groups in total. The summed E-state index contributed by atoms with van der Waals surface area (Å²) in [7, 11) is 0. The van der Waals surface area contributed by atoms with E-state index in [1.165, 1.54) is 37.7 Å². The second-order valence-electron chi connectivity index (χ2n) is 8.15. The third-order valence-corrected chi connectivity index (χ3v) is 5.53. The Bertz CT molecular complexity index is 941. The average molecular weight is 431 g/mol. The first-order chi connectivity index (χ1) is 15.7. The largest absolute Gasteiger partial charge is 0.494 e. The average Bonchev–Trinajstić information content (AvgIpc) is 2.84. The van der Waals surface area contributed by atoms with Crippen LogP contribution in [-0.2, 0) is 6.42 Å². The minimum Gasteiger partial charge on any atom is -0.494 e. The van der Waals surface area contributed by atoms with Crippen molar-refractivity contribution in [2.45, 2.75) is 58.8 Å². The van der Waals surface area contributed by atoms with Crippen molar-refractivity contribution in [3.63, 3.8) is 0 Å². The van der Waals surface area contributed by atoms with Crippen molar-refractivity contribution in [2.75, 3.05) is 6.61 Å². The zero-order valence-corrected chi connectivity index (χ0v) is 19.3. The van der Waals surface area contributed by atoms with Gasteiger partial charge in [-0.05, 0) is 72.4 Å². The molecule has 0 aromatic heterocycles. The molecule has 0 aliphatic carbocycles. The number of hydrogen-bond donors (Lipinski definition) is 0. The van der Waals surface area contributed by atoms with Crippen LogP contribution in [0, 0.1) is 0 Å². The van der Waals surface area contributed by atoms with E-state index in [0.717, 1.165) is 29.7 Å². The van der Waals surface area contributed by atoms with Crippen molar-refractivity contribution in [3.8, 4) is 22.6 Å². The zero-order chi connectivity index (χ0) is 22.6. The van der Waals surface area contributed by atoms with E-state index in [1.54, 1.807) is 12.1 Å². The highest BCUT2D eigenvalue weighted by Crippen LogP contribution is 2.24. The Morgan fingerprint density at radius 3 is 1.88 bits per heavy atom. The fraction of sp³-hybridized carbons (Fsp3) is 0.345. The molecule has 3 aromatic rings. The monoisotopic (exact) mass is 430 g/mol. The zero-order valence-electron chi connectivity index (χ0n) is 19.3. The van der Waals surface area contributed by atoms with Gasteiger partial charge in [0, 0.05) is 0 Å². The fourth-order valence-corrected chi connectivity index (χ4v) is 3.53. The lowest BCUT2D eigenvalue weighted by atomic mass is 10.0. The van der Waals surface area contributed by atoms with Gasteiger partial charge in [-0.3, -0.25) is 0 Å². The van der Waals surface area contributed by atoms with Crippen LogP contribution in [-0.4, -0.2) is 12.6 Å². The van der Waals surface area contributed by atoms with Gasteiger partial charge < -0.3 is 9.47 Å². The Kier molecular flexibility index (Phi) is 9.37. The maximum absolute atomic E-state index is 12.5. The Morgan fingerprint density at radius 1 is 0.656 bits per heavy atom. The summed E-state index contributed by atoms with van der Waals surface area (Å²) >= 11 is 0. The molecule has 0 unspecified atom stereocenters. The standard InChI is InChI=1S/C29H34O3/c1-3-5-7-8-22-31-27-18-16-26(17-19-27)29(30)32-28-20-14-25(15-21-28)24-12-10-23(11-13-24)9-6-4-2/h10-21H,3-9,22H2,1-2H3. The van der Waals surface area contributed by atoms with Crippen LogP contribution in [0.4, 0.5) is 0 Å². The molecule has 32 heavy (non-hydrogen) atoms. The van der Waals surface area contributed by atoms with Gasteiger partial charge in [0.15, 0.2) is 0 Å². The van der Waals surface area contributed by atoms with Crippen molar-refractivity contribution < 1.29 is 14.3 Å². The van der Waals surface area contributed by atoms with E-state index in [0.29, 0.717) is 17.9 Å². The van der Waals surface area contributed by atoms with Gasteiger partial charge in [0.25, 0.3) is 0 Å².